The molecule has 1 aliphatic heterocycles. The fraction of sp³-hybridized carbons (Fsp3) is 0.207. The highest BCUT2D eigenvalue weighted by Gasteiger charge is 2.32. The molecule has 3 aromatic carbocycles. The summed E-state index contributed by atoms with van der Waals surface area (Å²) in [5.74, 6) is 6.08. The van der Waals surface area contributed by atoms with Gasteiger partial charge < -0.3 is 35.6 Å². The predicted octanol–water partition coefficient (Wildman–Crippen LogP) is 4.16. The van der Waals surface area contributed by atoms with Crippen molar-refractivity contribution >= 4 is 34.7 Å². The van der Waals surface area contributed by atoms with E-state index >= 15 is 0 Å². The minimum absolute atomic E-state index is 0.0868. The van der Waals surface area contributed by atoms with Gasteiger partial charge in [-0.2, -0.15) is 0 Å². The van der Waals surface area contributed by atoms with Gasteiger partial charge in [-0.25, -0.2) is 10.2 Å². The minimum Gasteiger partial charge on any atom is -0.491 e. The van der Waals surface area contributed by atoms with Gasteiger partial charge in [0.1, 0.15) is 24.3 Å². The second-order valence-electron chi connectivity index (χ2n) is 9.21. The maximum Gasteiger partial charge on any atom is 0.290 e. The fourth-order valence-corrected chi connectivity index (χ4v) is 5.10. The fourth-order valence-electron chi connectivity index (χ4n) is 4.92. The number of fused-ring (bicyclic) bond motifs is 3. The summed E-state index contributed by atoms with van der Waals surface area (Å²) in [6.07, 6.45) is 2.83. The van der Waals surface area contributed by atoms with E-state index in [1.165, 1.54) is 35.1 Å². The summed E-state index contributed by atoms with van der Waals surface area (Å²) < 4.78 is 19.5. The molecule has 11 heteroatoms. The van der Waals surface area contributed by atoms with E-state index < -0.39 is 6.10 Å². The number of benzene rings is 3. The van der Waals surface area contributed by atoms with Crippen molar-refractivity contribution in [3.63, 3.8) is 0 Å². The first-order chi connectivity index (χ1) is 19.3. The van der Waals surface area contributed by atoms with Gasteiger partial charge in [0.05, 0.1) is 12.6 Å². The lowest BCUT2D eigenvalue weighted by molar-refractivity contribution is -0.122. The summed E-state index contributed by atoms with van der Waals surface area (Å²) >= 11 is 6.31. The molecular weight excluding hydrogens is 537 g/mol. The Bertz CT molecular complexity index is 1450. The zero-order chi connectivity index (χ0) is 28.6. The second-order valence-corrected chi connectivity index (χ2v) is 9.64. The van der Waals surface area contributed by atoms with Crippen LogP contribution >= 0.6 is 11.6 Å². The quantitative estimate of drug-likeness (QED) is 0.121. The number of hydrogen-bond acceptors (Lipinski definition) is 7. The molecule has 2 unspecified atom stereocenters. The number of halogens is 2. The maximum atomic E-state index is 13.7. The Hall–Kier alpha value is -4.25. The number of ether oxygens (including phenoxy) is 1. The van der Waals surface area contributed by atoms with Gasteiger partial charge in [-0.05, 0) is 72.1 Å². The van der Waals surface area contributed by atoms with Gasteiger partial charge in [0, 0.05) is 46.3 Å². The normalized spacial score (nSPS) is 15.3. The number of nitrogens with two attached hydrogens (primary N) is 2. The van der Waals surface area contributed by atoms with Crippen LogP contribution in [0.2, 0.25) is 5.02 Å². The molecule has 0 saturated heterocycles. The number of carboxylic acid groups (broad SMARTS) is 1. The molecule has 0 amide bonds. The van der Waals surface area contributed by atoms with Crippen molar-refractivity contribution in [3.05, 3.63) is 107 Å². The number of aromatic nitrogens is 1. The summed E-state index contributed by atoms with van der Waals surface area (Å²) in [5.41, 5.74) is 10.7. The number of rotatable bonds is 8. The van der Waals surface area contributed by atoms with E-state index in [1.807, 2.05) is 54.6 Å². The predicted molar refractivity (Wildman–Crippen MR) is 153 cm³/mol. The van der Waals surface area contributed by atoms with Crippen molar-refractivity contribution in [3.8, 4) is 5.75 Å². The van der Waals surface area contributed by atoms with Crippen molar-refractivity contribution in [2.24, 2.45) is 11.6 Å². The molecular formula is C29H31ClFN5O4. The Morgan fingerprint density at radius 3 is 2.55 bits per heavy atom. The van der Waals surface area contributed by atoms with Gasteiger partial charge in [-0.3, -0.25) is 4.79 Å². The Balaban J connectivity index is 0.00000118. The molecule has 2 heterocycles. The highest BCUT2D eigenvalue weighted by atomic mass is 35.5. The number of aliphatic hydroxyl groups is 1. The van der Waals surface area contributed by atoms with Gasteiger partial charge in [0.25, 0.3) is 6.47 Å². The smallest absolute Gasteiger partial charge is 0.290 e. The maximum absolute atomic E-state index is 13.7. The first-order valence-electron chi connectivity index (χ1n) is 12.5. The summed E-state index contributed by atoms with van der Waals surface area (Å²) in [6.45, 7) is 0.789. The Morgan fingerprint density at radius 2 is 1.88 bits per heavy atom. The summed E-state index contributed by atoms with van der Waals surface area (Å²) in [4.78, 5) is 14.3. The highest BCUT2D eigenvalue weighted by Crippen LogP contribution is 2.41. The number of nitrogens with one attached hydrogen (secondary N) is 1. The van der Waals surface area contributed by atoms with Crippen molar-refractivity contribution in [2.75, 3.05) is 24.6 Å². The number of nitrogens with zero attached hydrogens (tertiary/aromatic N) is 2. The van der Waals surface area contributed by atoms with E-state index in [0.717, 1.165) is 40.8 Å². The standard InChI is InChI=1S/C28H29ClFN5O2.CH2O2/c29-19-3-10-26-25(15-19)24-11-13-35(21-6-4-20(30)5-7-21)28(27(24)33-26)18-1-8-23(9-2-18)37-17-22(36)16-34(32)14-12-31;2-1-3/h1-10,12,14-15,22,28,33,36H,11,13,16-17,31-32H2;1H,(H,2,3)/b14-12-;. The van der Waals surface area contributed by atoms with E-state index in [0.29, 0.717) is 10.8 Å². The van der Waals surface area contributed by atoms with Crippen molar-refractivity contribution in [2.45, 2.75) is 18.6 Å². The average molecular weight is 568 g/mol. The molecule has 1 aliphatic rings. The molecule has 0 saturated carbocycles. The van der Waals surface area contributed by atoms with Crippen LogP contribution in [0.3, 0.4) is 0 Å². The van der Waals surface area contributed by atoms with E-state index in [2.05, 4.69) is 9.88 Å². The molecule has 9 nitrogen and oxygen atoms in total. The Morgan fingerprint density at radius 1 is 1.18 bits per heavy atom. The van der Waals surface area contributed by atoms with Gasteiger partial charge in [0.2, 0.25) is 0 Å². The number of hydrazine groups is 1. The third kappa shape index (κ3) is 6.66. The van der Waals surface area contributed by atoms with Crippen LogP contribution in [0.1, 0.15) is 22.9 Å². The van der Waals surface area contributed by atoms with Crippen LogP contribution in [-0.4, -0.2) is 52.5 Å². The number of H-pyrrole nitrogens is 1. The van der Waals surface area contributed by atoms with E-state index in [9.17, 15) is 9.50 Å². The molecule has 5 rings (SSSR count). The average Bonchev–Trinajstić information content (AvgIpc) is 3.30. The van der Waals surface area contributed by atoms with Crippen LogP contribution in [0.15, 0.2) is 79.1 Å². The zero-order valence-electron chi connectivity index (χ0n) is 21.6. The first kappa shape index (κ1) is 28.8. The van der Waals surface area contributed by atoms with Crippen LogP contribution in [0.25, 0.3) is 10.9 Å². The lowest BCUT2D eigenvalue weighted by Gasteiger charge is -2.38. The minimum atomic E-state index is -0.783. The van der Waals surface area contributed by atoms with Crippen molar-refractivity contribution in [1.29, 1.82) is 0 Å². The zero-order valence-corrected chi connectivity index (χ0v) is 22.3. The molecule has 0 spiro atoms. The van der Waals surface area contributed by atoms with Crippen molar-refractivity contribution < 1.29 is 24.1 Å². The van der Waals surface area contributed by atoms with E-state index in [1.54, 1.807) is 0 Å². The molecule has 40 heavy (non-hydrogen) atoms. The molecule has 0 bridgehead atoms. The van der Waals surface area contributed by atoms with Crippen LogP contribution < -0.4 is 21.2 Å². The van der Waals surface area contributed by atoms with Gasteiger partial charge in [-0.1, -0.05) is 23.7 Å². The summed E-state index contributed by atoms with van der Waals surface area (Å²) in [7, 11) is 0. The van der Waals surface area contributed by atoms with Crippen LogP contribution in [0.5, 0.6) is 5.75 Å². The Labute approximate surface area is 236 Å². The summed E-state index contributed by atoms with van der Waals surface area (Å²) in [6, 6.07) is 20.2. The molecule has 0 fully saturated rings. The van der Waals surface area contributed by atoms with Crippen LogP contribution in [0.4, 0.5) is 10.1 Å². The molecule has 0 radical (unpaired) electrons. The largest absolute Gasteiger partial charge is 0.491 e. The molecule has 7 N–H and O–H groups in total. The van der Waals surface area contributed by atoms with E-state index in [-0.39, 0.29) is 31.5 Å². The number of hydrogen-bond donors (Lipinski definition) is 5. The van der Waals surface area contributed by atoms with Gasteiger partial charge >= 0.3 is 0 Å². The third-order valence-electron chi connectivity index (χ3n) is 6.58. The number of anilines is 1. The SMILES string of the molecule is N/C=C\N(N)CC(O)COc1ccc(C2c3[nH]c4ccc(Cl)cc4c3CCN2c2ccc(F)cc2)cc1.O=CO. The van der Waals surface area contributed by atoms with Gasteiger partial charge in [0.15, 0.2) is 0 Å². The van der Waals surface area contributed by atoms with Crippen LogP contribution in [-0.2, 0) is 11.2 Å². The van der Waals surface area contributed by atoms with Crippen molar-refractivity contribution in [1.82, 2.24) is 9.99 Å². The topological polar surface area (TPSA) is 141 Å². The molecule has 210 valence electrons. The molecule has 0 aliphatic carbocycles. The van der Waals surface area contributed by atoms with Crippen LogP contribution in [0, 0.1) is 5.82 Å². The highest BCUT2D eigenvalue weighted by molar-refractivity contribution is 6.31. The number of carbonyl (C=O) groups is 1. The van der Waals surface area contributed by atoms with Gasteiger partial charge in [-0.15, -0.1) is 0 Å². The second kappa shape index (κ2) is 13.2. The monoisotopic (exact) mass is 567 g/mol. The lowest BCUT2D eigenvalue weighted by atomic mass is 9.91. The number of aromatic amines is 1. The first-order valence-corrected chi connectivity index (χ1v) is 12.9. The number of aliphatic hydroxyl groups excluding tert-OH is 1. The summed E-state index contributed by atoms with van der Waals surface area (Å²) in [5, 5.41) is 20.2. The molecule has 4 aromatic rings. The Kier molecular flexibility index (Phi) is 9.49. The molecule has 1 aromatic heterocycles. The lowest BCUT2D eigenvalue weighted by Crippen LogP contribution is -2.36. The van der Waals surface area contributed by atoms with E-state index in [4.69, 9.17) is 37.8 Å². The third-order valence-corrected chi connectivity index (χ3v) is 6.82. The molecule has 2 atom stereocenters.